The largest absolute Gasteiger partial charge is 0.495 e. The summed E-state index contributed by atoms with van der Waals surface area (Å²) in [7, 11) is -2.29. The third-order valence-corrected chi connectivity index (χ3v) is 4.82. The van der Waals surface area contributed by atoms with Gasteiger partial charge in [-0.05, 0) is 25.0 Å². The van der Waals surface area contributed by atoms with E-state index in [1.54, 1.807) is 0 Å². The van der Waals surface area contributed by atoms with E-state index in [2.05, 4.69) is 4.72 Å². The average Bonchev–Trinajstić information content (AvgIpc) is 2.45. The Morgan fingerprint density at radius 1 is 1.35 bits per heavy atom. The fourth-order valence-corrected chi connectivity index (χ4v) is 2.81. The zero-order valence-corrected chi connectivity index (χ0v) is 12.8. The number of hydrogen-bond acceptors (Lipinski definition) is 5. The summed E-state index contributed by atoms with van der Waals surface area (Å²) in [5.41, 5.74) is 4.98. The second-order valence-corrected chi connectivity index (χ2v) is 6.43. The van der Waals surface area contributed by atoms with E-state index in [-0.39, 0.29) is 11.4 Å². The van der Waals surface area contributed by atoms with Crippen LogP contribution in [0.1, 0.15) is 26.7 Å². The Balaban J connectivity index is 2.95. The van der Waals surface area contributed by atoms with E-state index in [0.29, 0.717) is 24.3 Å². The first-order chi connectivity index (χ1) is 9.28. The number of sulfonamides is 1. The van der Waals surface area contributed by atoms with Crippen molar-refractivity contribution in [1.29, 1.82) is 0 Å². The van der Waals surface area contributed by atoms with Gasteiger partial charge in [0.15, 0.2) is 0 Å². The van der Waals surface area contributed by atoms with Crippen molar-refractivity contribution in [1.82, 2.24) is 4.72 Å². The molecule has 1 rings (SSSR count). The zero-order chi connectivity index (χ0) is 15.4. The van der Waals surface area contributed by atoms with E-state index in [0.717, 1.165) is 0 Å². The van der Waals surface area contributed by atoms with Crippen molar-refractivity contribution in [2.24, 2.45) is 0 Å². The maximum absolute atomic E-state index is 12.2. The minimum absolute atomic E-state index is 0.0327. The smallest absolute Gasteiger partial charge is 0.240 e. The number of aliphatic hydroxyl groups is 1. The van der Waals surface area contributed by atoms with Gasteiger partial charge in [-0.3, -0.25) is 0 Å². The summed E-state index contributed by atoms with van der Waals surface area (Å²) in [6.07, 6.45) is 0.939. The lowest BCUT2D eigenvalue weighted by Gasteiger charge is -2.25. The number of benzene rings is 1. The first-order valence-electron chi connectivity index (χ1n) is 6.43. The van der Waals surface area contributed by atoms with Crippen LogP contribution in [0.4, 0.5) is 5.69 Å². The predicted molar refractivity (Wildman–Crippen MR) is 78.1 cm³/mol. The van der Waals surface area contributed by atoms with Crippen molar-refractivity contribution in [3.63, 3.8) is 0 Å². The number of nitrogen functional groups attached to an aromatic ring is 1. The van der Waals surface area contributed by atoms with Gasteiger partial charge in [0.25, 0.3) is 0 Å². The molecule has 0 amide bonds. The third kappa shape index (κ3) is 3.84. The molecule has 0 radical (unpaired) electrons. The van der Waals surface area contributed by atoms with Gasteiger partial charge in [-0.15, -0.1) is 0 Å². The van der Waals surface area contributed by atoms with Crippen molar-refractivity contribution in [3.05, 3.63) is 18.2 Å². The molecular weight excluding hydrogens is 280 g/mol. The second-order valence-electron chi connectivity index (χ2n) is 4.66. The first-order valence-corrected chi connectivity index (χ1v) is 7.92. The molecule has 7 heteroatoms. The topological polar surface area (TPSA) is 102 Å². The lowest BCUT2D eigenvalue weighted by Crippen LogP contribution is -2.41. The summed E-state index contributed by atoms with van der Waals surface area (Å²) in [6, 6.07) is 4.23. The Morgan fingerprint density at radius 2 is 1.95 bits per heavy atom. The van der Waals surface area contributed by atoms with Crippen molar-refractivity contribution in [3.8, 4) is 5.75 Å². The molecule has 0 aliphatic rings. The van der Waals surface area contributed by atoms with E-state index in [1.165, 1.54) is 25.3 Å². The molecule has 114 valence electrons. The predicted octanol–water partition coefficient (Wildman–Crippen LogP) is 1.11. The van der Waals surface area contributed by atoms with E-state index >= 15 is 0 Å². The summed E-state index contributed by atoms with van der Waals surface area (Å²) in [6.45, 7) is 3.59. The minimum atomic E-state index is -3.71. The second kappa shape index (κ2) is 6.43. The number of nitrogens with two attached hydrogens (primary N) is 1. The van der Waals surface area contributed by atoms with Crippen LogP contribution < -0.4 is 15.2 Å². The van der Waals surface area contributed by atoms with Crippen LogP contribution in [0, 0.1) is 0 Å². The van der Waals surface area contributed by atoms with Crippen LogP contribution in [-0.4, -0.2) is 32.8 Å². The SMILES string of the molecule is CCC(O)(CC)CNS(=O)(=O)c1ccc(N)c(OC)c1. The van der Waals surface area contributed by atoms with Gasteiger partial charge in [0.1, 0.15) is 5.75 Å². The van der Waals surface area contributed by atoms with E-state index in [4.69, 9.17) is 10.5 Å². The summed E-state index contributed by atoms with van der Waals surface area (Å²) in [4.78, 5) is 0.0538. The molecule has 1 aromatic carbocycles. The number of hydrogen-bond donors (Lipinski definition) is 3. The zero-order valence-electron chi connectivity index (χ0n) is 12.0. The van der Waals surface area contributed by atoms with Gasteiger partial charge < -0.3 is 15.6 Å². The molecule has 0 bridgehead atoms. The maximum atomic E-state index is 12.2. The van der Waals surface area contributed by atoms with Crippen molar-refractivity contribution < 1.29 is 18.3 Å². The van der Waals surface area contributed by atoms with Gasteiger partial charge >= 0.3 is 0 Å². The van der Waals surface area contributed by atoms with Crippen LogP contribution in [0.15, 0.2) is 23.1 Å². The number of rotatable bonds is 7. The number of anilines is 1. The highest BCUT2D eigenvalue weighted by Gasteiger charge is 2.25. The lowest BCUT2D eigenvalue weighted by atomic mass is 9.98. The van der Waals surface area contributed by atoms with Crippen LogP contribution in [0.5, 0.6) is 5.75 Å². The van der Waals surface area contributed by atoms with Gasteiger partial charge in [-0.1, -0.05) is 13.8 Å². The molecule has 0 aromatic heterocycles. The van der Waals surface area contributed by atoms with Gasteiger partial charge in [-0.2, -0.15) is 0 Å². The summed E-state index contributed by atoms with van der Waals surface area (Å²) >= 11 is 0. The highest BCUT2D eigenvalue weighted by molar-refractivity contribution is 7.89. The normalized spacial score (nSPS) is 12.4. The van der Waals surface area contributed by atoms with E-state index in [1.807, 2.05) is 13.8 Å². The highest BCUT2D eigenvalue weighted by atomic mass is 32.2. The molecular formula is C13H22N2O4S. The Bertz CT molecular complexity index is 553. The lowest BCUT2D eigenvalue weighted by molar-refractivity contribution is 0.0377. The van der Waals surface area contributed by atoms with Crippen LogP contribution >= 0.6 is 0 Å². The van der Waals surface area contributed by atoms with Crippen molar-refractivity contribution in [2.75, 3.05) is 19.4 Å². The number of methoxy groups -OCH3 is 1. The maximum Gasteiger partial charge on any atom is 0.240 e. The monoisotopic (exact) mass is 302 g/mol. The Hall–Kier alpha value is -1.31. The molecule has 0 spiro atoms. The van der Waals surface area contributed by atoms with E-state index in [9.17, 15) is 13.5 Å². The fourth-order valence-electron chi connectivity index (χ4n) is 1.67. The molecule has 0 unspecified atom stereocenters. The van der Waals surface area contributed by atoms with Crippen LogP contribution in [0.3, 0.4) is 0 Å². The third-order valence-electron chi connectivity index (χ3n) is 3.42. The van der Waals surface area contributed by atoms with Gasteiger partial charge in [0.05, 0.1) is 23.3 Å². The number of nitrogens with one attached hydrogen (secondary N) is 1. The van der Waals surface area contributed by atoms with Gasteiger partial charge in [0.2, 0.25) is 10.0 Å². The van der Waals surface area contributed by atoms with Gasteiger partial charge in [-0.25, -0.2) is 13.1 Å². The Kier molecular flexibility index (Phi) is 5.38. The van der Waals surface area contributed by atoms with Crippen molar-refractivity contribution >= 4 is 15.7 Å². The molecule has 0 aliphatic carbocycles. The standard InChI is InChI=1S/C13H22N2O4S/c1-4-13(16,5-2)9-15-20(17,18)10-6-7-11(14)12(8-10)19-3/h6-8,15-16H,4-5,9,14H2,1-3H3. The summed E-state index contributed by atoms with van der Waals surface area (Å²) in [5.74, 6) is 0.300. The molecule has 0 atom stereocenters. The molecule has 0 fully saturated rings. The molecule has 1 aromatic rings. The summed E-state index contributed by atoms with van der Waals surface area (Å²) < 4.78 is 31.8. The quantitative estimate of drug-likeness (QED) is 0.655. The molecule has 0 saturated heterocycles. The van der Waals surface area contributed by atoms with Crippen LogP contribution in [0.25, 0.3) is 0 Å². The Morgan fingerprint density at radius 3 is 2.45 bits per heavy atom. The van der Waals surface area contributed by atoms with E-state index < -0.39 is 15.6 Å². The minimum Gasteiger partial charge on any atom is -0.495 e. The molecule has 0 aliphatic heterocycles. The molecule has 6 nitrogen and oxygen atoms in total. The molecule has 0 saturated carbocycles. The van der Waals surface area contributed by atoms with Crippen LogP contribution in [-0.2, 0) is 10.0 Å². The molecule has 0 heterocycles. The van der Waals surface area contributed by atoms with Gasteiger partial charge in [0, 0.05) is 12.6 Å². The van der Waals surface area contributed by atoms with Crippen LogP contribution in [0.2, 0.25) is 0 Å². The average molecular weight is 302 g/mol. The highest BCUT2D eigenvalue weighted by Crippen LogP contribution is 2.25. The summed E-state index contributed by atoms with van der Waals surface area (Å²) in [5, 5.41) is 10.1. The molecule has 4 N–H and O–H groups in total. The molecule has 20 heavy (non-hydrogen) atoms. The first kappa shape index (κ1) is 16.7. The van der Waals surface area contributed by atoms with Crippen molar-refractivity contribution in [2.45, 2.75) is 37.2 Å². The fraction of sp³-hybridized carbons (Fsp3) is 0.538. The Labute approximate surface area is 120 Å². The number of ether oxygens (including phenoxy) is 1.